The maximum atomic E-state index is 11.9. The highest BCUT2D eigenvalue weighted by Gasteiger charge is 2.10. The number of hydrazone groups is 1. The molecule has 26 heavy (non-hydrogen) atoms. The van der Waals surface area contributed by atoms with E-state index in [2.05, 4.69) is 45.0 Å². The molecule has 1 amide bonds. The molecule has 0 saturated carbocycles. The highest BCUT2D eigenvalue weighted by atomic mass is 16.2. The fourth-order valence-corrected chi connectivity index (χ4v) is 3.05. The molecule has 0 radical (unpaired) electrons. The summed E-state index contributed by atoms with van der Waals surface area (Å²) in [6, 6.07) is 18.0. The Morgan fingerprint density at radius 1 is 1.00 bits per heavy atom. The fraction of sp³-hybridized carbons (Fsp3) is 0.333. The lowest BCUT2D eigenvalue weighted by molar-refractivity contribution is -0.119. The molecule has 1 heterocycles. The van der Waals surface area contributed by atoms with Crippen LogP contribution in [0.1, 0.15) is 31.7 Å². The second kappa shape index (κ2) is 9.04. The van der Waals surface area contributed by atoms with Gasteiger partial charge in [-0.3, -0.25) is 4.79 Å². The van der Waals surface area contributed by atoms with Crippen molar-refractivity contribution in [2.75, 3.05) is 29.9 Å². The van der Waals surface area contributed by atoms with Crippen LogP contribution in [-0.4, -0.2) is 31.3 Å². The van der Waals surface area contributed by atoms with E-state index in [1.54, 1.807) is 0 Å². The number of benzene rings is 2. The summed E-state index contributed by atoms with van der Waals surface area (Å²) < 4.78 is 0. The van der Waals surface area contributed by atoms with Gasteiger partial charge in [-0.15, -0.1) is 0 Å². The third-order valence-electron chi connectivity index (χ3n) is 4.58. The predicted molar refractivity (Wildman–Crippen MR) is 108 cm³/mol. The SMILES string of the molecule is C/C(=N/NC(=O)CNc1ccccc1)c1ccc(N2CCCCC2)cc1. The first-order chi connectivity index (χ1) is 12.7. The largest absolute Gasteiger partial charge is 0.376 e. The van der Waals surface area contributed by atoms with Crippen molar-refractivity contribution in [1.82, 2.24) is 5.43 Å². The number of para-hydroxylation sites is 1. The average Bonchev–Trinajstić information content (AvgIpc) is 2.72. The van der Waals surface area contributed by atoms with Gasteiger partial charge in [0.2, 0.25) is 0 Å². The first-order valence-electron chi connectivity index (χ1n) is 9.20. The van der Waals surface area contributed by atoms with E-state index in [9.17, 15) is 4.79 Å². The topological polar surface area (TPSA) is 56.7 Å². The standard InChI is InChI=1S/C21H26N4O/c1-17(23-24-21(26)16-22-19-8-4-2-5-9-19)18-10-12-20(13-11-18)25-14-6-3-7-15-25/h2,4-5,8-13,22H,3,6-7,14-16H2,1H3,(H,24,26)/b23-17-. The molecule has 1 fully saturated rings. The lowest BCUT2D eigenvalue weighted by Crippen LogP contribution is -2.29. The summed E-state index contributed by atoms with van der Waals surface area (Å²) in [6.07, 6.45) is 3.87. The van der Waals surface area contributed by atoms with E-state index in [0.29, 0.717) is 0 Å². The Balaban J connectivity index is 1.51. The number of rotatable bonds is 6. The lowest BCUT2D eigenvalue weighted by Gasteiger charge is -2.28. The third-order valence-corrected chi connectivity index (χ3v) is 4.58. The van der Waals surface area contributed by atoms with E-state index >= 15 is 0 Å². The van der Waals surface area contributed by atoms with Crippen LogP contribution >= 0.6 is 0 Å². The van der Waals surface area contributed by atoms with Gasteiger partial charge >= 0.3 is 0 Å². The Morgan fingerprint density at radius 3 is 2.38 bits per heavy atom. The number of carbonyl (C=O) groups excluding carboxylic acids is 1. The second-order valence-corrected chi connectivity index (χ2v) is 6.55. The molecule has 1 aliphatic heterocycles. The van der Waals surface area contributed by atoms with Crippen LogP contribution in [0.25, 0.3) is 0 Å². The summed E-state index contributed by atoms with van der Waals surface area (Å²) in [5, 5.41) is 7.28. The molecular weight excluding hydrogens is 324 g/mol. The van der Waals surface area contributed by atoms with Crippen LogP contribution in [0.5, 0.6) is 0 Å². The normalized spacial score (nSPS) is 14.8. The highest BCUT2D eigenvalue weighted by Crippen LogP contribution is 2.20. The average molecular weight is 350 g/mol. The monoisotopic (exact) mass is 350 g/mol. The van der Waals surface area contributed by atoms with E-state index in [4.69, 9.17) is 0 Å². The van der Waals surface area contributed by atoms with Crippen LogP contribution in [-0.2, 0) is 4.79 Å². The van der Waals surface area contributed by atoms with Crippen LogP contribution in [0.3, 0.4) is 0 Å². The van der Waals surface area contributed by atoms with Crippen molar-refractivity contribution in [3.63, 3.8) is 0 Å². The Hall–Kier alpha value is -2.82. The highest BCUT2D eigenvalue weighted by molar-refractivity contribution is 5.99. The maximum Gasteiger partial charge on any atom is 0.259 e. The molecule has 1 saturated heterocycles. The van der Waals surface area contributed by atoms with Crippen molar-refractivity contribution in [3.8, 4) is 0 Å². The van der Waals surface area contributed by atoms with Crippen molar-refractivity contribution in [3.05, 3.63) is 60.2 Å². The van der Waals surface area contributed by atoms with Gasteiger partial charge in [0.15, 0.2) is 0 Å². The van der Waals surface area contributed by atoms with Gasteiger partial charge in [-0.25, -0.2) is 5.43 Å². The van der Waals surface area contributed by atoms with Gasteiger partial charge in [0, 0.05) is 24.5 Å². The first kappa shape index (κ1) is 18.0. The van der Waals surface area contributed by atoms with E-state index in [0.717, 1.165) is 30.1 Å². The number of anilines is 2. The molecule has 0 bridgehead atoms. The smallest absolute Gasteiger partial charge is 0.259 e. The number of carbonyl (C=O) groups is 1. The number of hydrogen-bond donors (Lipinski definition) is 2. The molecule has 136 valence electrons. The zero-order chi connectivity index (χ0) is 18.2. The minimum absolute atomic E-state index is 0.168. The summed E-state index contributed by atoms with van der Waals surface area (Å²) in [6.45, 7) is 4.36. The molecule has 0 unspecified atom stereocenters. The third kappa shape index (κ3) is 5.09. The molecular formula is C21H26N4O. The van der Waals surface area contributed by atoms with Crippen LogP contribution in [0.15, 0.2) is 59.7 Å². The van der Waals surface area contributed by atoms with Gasteiger partial charge in [0.05, 0.1) is 12.3 Å². The minimum Gasteiger partial charge on any atom is -0.376 e. The zero-order valence-corrected chi connectivity index (χ0v) is 15.2. The van der Waals surface area contributed by atoms with E-state index < -0.39 is 0 Å². The van der Waals surface area contributed by atoms with Gasteiger partial charge in [0.25, 0.3) is 5.91 Å². The summed E-state index contributed by atoms with van der Waals surface area (Å²) in [4.78, 5) is 14.4. The quantitative estimate of drug-likeness (QED) is 0.618. The van der Waals surface area contributed by atoms with Crippen molar-refractivity contribution in [2.45, 2.75) is 26.2 Å². The molecule has 2 aromatic rings. The van der Waals surface area contributed by atoms with Crippen LogP contribution < -0.4 is 15.6 Å². The number of hydrogen-bond acceptors (Lipinski definition) is 4. The summed E-state index contributed by atoms with van der Waals surface area (Å²) >= 11 is 0. The number of piperidine rings is 1. The van der Waals surface area contributed by atoms with E-state index in [1.807, 2.05) is 37.3 Å². The summed E-state index contributed by atoms with van der Waals surface area (Å²) in [5.41, 5.74) is 6.59. The van der Waals surface area contributed by atoms with Gasteiger partial charge in [-0.2, -0.15) is 5.10 Å². The number of nitrogens with zero attached hydrogens (tertiary/aromatic N) is 2. The molecule has 0 aliphatic carbocycles. The molecule has 1 aliphatic rings. The van der Waals surface area contributed by atoms with E-state index in [-0.39, 0.29) is 12.5 Å². The Morgan fingerprint density at radius 2 is 1.69 bits per heavy atom. The van der Waals surface area contributed by atoms with Crippen LogP contribution in [0, 0.1) is 0 Å². The summed E-state index contributed by atoms with van der Waals surface area (Å²) in [5.74, 6) is -0.168. The molecule has 2 aromatic carbocycles. The minimum atomic E-state index is -0.168. The predicted octanol–water partition coefficient (Wildman–Crippen LogP) is 3.63. The molecule has 0 spiro atoms. The van der Waals surface area contributed by atoms with E-state index in [1.165, 1.54) is 24.9 Å². The second-order valence-electron chi connectivity index (χ2n) is 6.55. The Kier molecular flexibility index (Phi) is 6.25. The first-order valence-corrected chi connectivity index (χ1v) is 9.20. The Bertz CT molecular complexity index is 734. The summed E-state index contributed by atoms with van der Waals surface area (Å²) in [7, 11) is 0. The number of amides is 1. The van der Waals surface area contributed by atoms with Gasteiger partial charge < -0.3 is 10.2 Å². The maximum absolute atomic E-state index is 11.9. The molecule has 5 nitrogen and oxygen atoms in total. The molecule has 5 heteroatoms. The van der Waals surface area contributed by atoms with Crippen LogP contribution in [0.4, 0.5) is 11.4 Å². The molecule has 2 N–H and O–H groups in total. The zero-order valence-electron chi connectivity index (χ0n) is 15.2. The van der Waals surface area contributed by atoms with Crippen molar-refractivity contribution < 1.29 is 4.79 Å². The Labute approximate surface area is 155 Å². The fourth-order valence-electron chi connectivity index (χ4n) is 3.05. The van der Waals surface area contributed by atoms with Crippen LogP contribution in [0.2, 0.25) is 0 Å². The molecule has 0 aromatic heterocycles. The van der Waals surface area contributed by atoms with Gasteiger partial charge in [0.1, 0.15) is 0 Å². The molecule has 3 rings (SSSR count). The van der Waals surface area contributed by atoms with Crippen molar-refractivity contribution >= 4 is 23.0 Å². The van der Waals surface area contributed by atoms with Gasteiger partial charge in [-0.1, -0.05) is 30.3 Å². The number of nitrogens with one attached hydrogen (secondary N) is 2. The van der Waals surface area contributed by atoms with Crippen molar-refractivity contribution in [2.24, 2.45) is 5.10 Å². The van der Waals surface area contributed by atoms with Gasteiger partial charge in [-0.05, 0) is 56.0 Å². The lowest BCUT2D eigenvalue weighted by atomic mass is 10.1. The van der Waals surface area contributed by atoms with Crippen molar-refractivity contribution in [1.29, 1.82) is 0 Å². The molecule has 0 atom stereocenters.